The van der Waals surface area contributed by atoms with Gasteiger partial charge in [0.05, 0.1) is 11.2 Å². The number of ether oxygens (including phenoxy) is 1. The number of rotatable bonds is 4. The van der Waals surface area contributed by atoms with Gasteiger partial charge in [-0.3, -0.25) is 4.79 Å². The first kappa shape index (κ1) is 18.9. The normalized spacial score (nSPS) is 13.2. The quantitative estimate of drug-likeness (QED) is 0.504. The van der Waals surface area contributed by atoms with Gasteiger partial charge >= 0.3 is 0 Å². The summed E-state index contributed by atoms with van der Waals surface area (Å²) in [5.74, 6) is 0.244. The Bertz CT molecular complexity index is 1370. The third-order valence-electron chi connectivity index (χ3n) is 5.04. The lowest BCUT2D eigenvalue weighted by Gasteiger charge is -2.08. The Kier molecular flexibility index (Phi) is 4.86. The van der Waals surface area contributed by atoms with Gasteiger partial charge in [0, 0.05) is 28.8 Å². The number of H-pyrrole nitrogens is 1. The smallest absolute Gasteiger partial charge is 0.280 e. The van der Waals surface area contributed by atoms with Crippen molar-refractivity contribution in [2.45, 2.75) is 6.61 Å². The minimum Gasteiger partial charge on any atom is -0.469 e. The number of hydrogen-bond donors (Lipinski definition) is 2. The molecule has 0 atom stereocenters. The average molecular weight is 413 g/mol. The van der Waals surface area contributed by atoms with E-state index in [1.807, 2.05) is 42.6 Å². The Morgan fingerprint density at radius 2 is 1.81 bits per heavy atom. The Labute approximate surface area is 176 Å². The summed E-state index contributed by atoms with van der Waals surface area (Å²) in [6.45, 7) is 0.359. The van der Waals surface area contributed by atoms with Crippen LogP contribution in [0.5, 0.6) is 0 Å². The molecule has 6 nitrogen and oxygen atoms in total. The zero-order valence-corrected chi connectivity index (χ0v) is 16.4. The largest absolute Gasteiger partial charge is 0.469 e. The fraction of sp³-hybridized carbons (Fsp3) is 0.0417. The summed E-state index contributed by atoms with van der Waals surface area (Å²) in [7, 11) is 0. The highest BCUT2D eigenvalue weighted by atomic mass is 19.1. The molecule has 0 saturated heterocycles. The Hall–Kier alpha value is -4.10. The van der Waals surface area contributed by atoms with E-state index in [0.29, 0.717) is 12.5 Å². The summed E-state index contributed by atoms with van der Waals surface area (Å²) in [6, 6.07) is 19.5. The second-order valence-electron chi connectivity index (χ2n) is 7.12. The predicted octanol–water partition coefficient (Wildman–Crippen LogP) is 3.18. The topological polar surface area (TPSA) is 83.9 Å². The van der Waals surface area contributed by atoms with Gasteiger partial charge in [-0.15, -0.1) is 0 Å². The molecule has 0 fully saturated rings. The van der Waals surface area contributed by atoms with Crippen molar-refractivity contribution in [1.82, 2.24) is 9.97 Å². The molecule has 0 amide bonds. The first-order valence-electron chi connectivity index (χ1n) is 9.75. The van der Waals surface area contributed by atoms with Crippen molar-refractivity contribution >= 4 is 22.4 Å². The number of pyridine rings is 2. The standard InChI is InChI=1S/C24H17FN4O2/c25-19-7-9-22-17(11-19)5-8-21(28-22)16-3-1-15(2-4-16)14-31-24-20(13-27-29-24)18-6-10-23(30)26-12-18/h1-13H,14H2,(H,26,30)(H,27,29)/p+1. The molecule has 5 rings (SSSR count). The van der Waals surface area contributed by atoms with Crippen LogP contribution in [0.25, 0.3) is 27.7 Å². The van der Waals surface area contributed by atoms with E-state index >= 15 is 0 Å². The Morgan fingerprint density at radius 1 is 0.968 bits per heavy atom. The summed E-state index contributed by atoms with van der Waals surface area (Å²) in [5.41, 5.74) is 6.72. The van der Waals surface area contributed by atoms with Crippen LogP contribution in [0.2, 0.25) is 0 Å². The predicted molar refractivity (Wildman–Crippen MR) is 116 cm³/mol. The Morgan fingerprint density at radius 3 is 2.61 bits per heavy atom. The Balaban J connectivity index is 1.28. The van der Waals surface area contributed by atoms with Crippen LogP contribution in [0.15, 0.2) is 89.0 Å². The highest BCUT2D eigenvalue weighted by Crippen LogP contribution is 2.23. The highest BCUT2D eigenvalue weighted by molar-refractivity contribution is 6.19. The number of nitrogens with zero attached hydrogens (tertiary/aromatic N) is 2. The molecule has 3 heterocycles. The number of nitrogens with one attached hydrogen (secondary N) is 1. The maximum absolute atomic E-state index is 13.4. The van der Waals surface area contributed by atoms with Gasteiger partial charge in [0.1, 0.15) is 24.2 Å². The molecule has 152 valence electrons. The molecule has 7 heteroatoms. The van der Waals surface area contributed by atoms with Gasteiger partial charge < -0.3 is 9.72 Å². The molecule has 2 aromatic carbocycles. The van der Waals surface area contributed by atoms with Gasteiger partial charge in [-0.05, 0) is 41.0 Å². The molecule has 1 aliphatic rings. The minimum atomic E-state index is -0.269. The summed E-state index contributed by atoms with van der Waals surface area (Å²) in [5, 5.41) is 5.05. The van der Waals surface area contributed by atoms with E-state index in [4.69, 9.17) is 4.74 Å². The molecule has 0 aliphatic carbocycles. The van der Waals surface area contributed by atoms with Gasteiger partial charge in [0.25, 0.3) is 5.90 Å². The SMILES string of the molecule is O=c1ccc(C2=C[NH2+]N=C2OCc2ccc(-c3ccc4cc(F)ccc4n3)cc2)c[nH]1. The van der Waals surface area contributed by atoms with Crippen LogP contribution in [-0.4, -0.2) is 15.9 Å². The molecule has 0 spiro atoms. The fourth-order valence-corrected chi connectivity index (χ4v) is 3.41. The van der Waals surface area contributed by atoms with Gasteiger partial charge in [-0.1, -0.05) is 30.3 Å². The van der Waals surface area contributed by atoms with Crippen LogP contribution in [-0.2, 0) is 11.3 Å². The number of aromatic amines is 1. The second kappa shape index (κ2) is 7.97. The molecule has 3 N–H and O–H groups in total. The molecule has 0 bridgehead atoms. The maximum Gasteiger partial charge on any atom is 0.280 e. The zero-order valence-electron chi connectivity index (χ0n) is 16.4. The monoisotopic (exact) mass is 413 g/mol. The molecular weight excluding hydrogens is 395 g/mol. The lowest BCUT2D eigenvalue weighted by Crippen LogP contribution is -2.69. The molecule has 31 heavy (non-hydrogen) atoms. The number of fused-ring (bicyclic) bond motifs is 1. The van der Waals surface area contributed by atoms with Crippen LogP contribution < -0.4 is 11.0 Å². The fourth-order valence-electron chi connectivity index (χ4n) is 3.41. The maximum atomic E-state index is 13.4. The van der Waals surface area contributed by atoms with E-state index in [0.717, 1.165) is 38.9 Å². The van der Waals surface area contributed by atoms with Crippen LogP contribution in [0.3, 0.4) is 0 Å². The third-order valence-corrected chi connectivity index (χ3v) is 5.04. The molecular formula is C24H18FN4O2+. The number of nitrogens with two attached hydrogens (primary N) is 1. The van der Waals surface area contributed by atoms with Gasteiger partial charge in [0.2, 0.25) is 5.56 Å². The number of benzene rings is 2. The second-order valence-corrected chi connectivity index (χ2v) is 7.12. The number of quaternary nitrogens is 1. The van der Waals surface area contributed by atoms with Crippen molar-refractivity contribution in [2.24, 2.45) is 5.10 Å². The number of aromatic nitrogens is 2. The van der Waals surface area contributed by atoms with E-state index in [1.165, 1.54) is 18.2 Å². The van der Waals surface area contributed by atoms with E-state index < -0.39 is 0 Å². The first-order chi connectivity index (χ1) is 15.2. The third kappa shape index (κ3) is 3.99. The van der Waals surface area contributed by atoms with Crippen molar-refractivity contribution in [3.63, 3.8) is 0 Å². The van der Waals surface area contributed by atoms with E-state index in [2.05, 4.69) is 15.1 Å². The zero-order chi connectivity index (χ0) is 21.2. The molecule has 2 aromatic heterocycles. The molecule has 0 saturated carbocycles. The lowest BCUT2D eigenvalue weighted by molar-refractivity contribution is -0.590. The van der Waals surface area contributed by atoms with Crippen molar-refractivity contribution in [3.05, 3.63) is 106 Å². The van der Waals surface area contributed by atoms with Crippen molar-refractivity contribution < 1.29 is 14.6 Å². The number of hydrogen-bond acceptors (Lipinski definition) is 4. The molecule has 4 aromatic rings. The van der Waals surface area contributed by atoms with Crippen molar-refractivity contribution in [2.75, 3.05) is 0 Å². The van der Waals surface area contributed by atoms with Gasteiger partial charge in [0.15, 0.2) is 0 Å². The highest BCUT2D eigenvalue weighted by Gasteiger charge is 2.20. The van der Waals surface area contributed by atoms with E-state index in [9.17, 15) is 9.18 Å². The van der Waals surface area contributed by atoms with Crippen LogP contribution in [0.1, 0.15) is 11.1 Å². The van der Waals surface area contributed by atoms with Crippen molar-refractivity contribution in [3.8, 4) is 11.3 Å². The van der Waals surface area contributed by atoms with E-state index in [1.54, 1.807) is 23.8 Å². The average Bonchev–Trinajstić information content (AvgIpc) is 3.27. The van der Waals surface area contributed by atoms with E-state index in [-0.39, 0.29) is 11.4 Å². The summed E-state index contributed by atoms with van der Waals surface area (Å²) in [4.78, 5) is 18.6. The van der Waals surface area contributed by atoms with Crippen LogP contribution in [0, 0.1) is 5.82 Å². The molecule has 1 aliphatic heterocycles. The number of halogens is 1. The lowest BCUT2D eigenvalue weighted by atomic mass is 10.1. The summed E-state index contributed by atoms with van der Waals surface area (Å²) >= 11 is 0. The first-order valence-corrected chi connectivity index (χ1v) is 9.75. The van der Waals surface area contributed by atoms with Gasteiger partial charge in [-0.25, -0.2) is 9.37 Å². The van der Waals surface area contributed by atoms with Crippen molar-refractivity contribution in [1.29, 1.82) is 0 Å². The summed E-state index contributed by atoms with van der Waals surface area (Å²) < 4.78 is 19.3. The van der Waals surface area contributed by atoms with Crippen LogP contribution in [0.4, 0.5) is 4.39 Å². The summed E-state index contributed by atoms with van der Waals surface area (Å²) in [6.07, 6.45) is 3.50. The minimum absolute atomic E-state index is 0.154. The van der Waals surface area contributed by atoms with Gasteiger partial charge in [-0.2, -0.15) is 5.43 Å². The van der Waals surface area contributed by atoms with Crippen LogP contribution >= 0.6 is 0 Å². The molecule has 0 unspecified atom stereocenters. The molecule has 0 radical (unpaired) electrons.